The number of rotatable bonds is 3. The van der Waals surface area contributed by atoms with Crippen molar-refractivity contribution in [3.8, 4) is 22.4 Å². The zero-order valence-corrected chi connectivity index (χ0v) is 15.0. The molecule has 0 aliphatic rings. The first-order valence-electron chi connectivity index (χ1n) is 7.07. The third-order valence-corrected chi connectivity index (χ3v) is 5.20. The molecule has 6 heteroatoms. The molecule has 0 radical (unpaired) electrons. The van der Waals surface area contributed by atoms with Crippen LogP contribution in [0, 0.1) is 0 Å². The Kier molecular flexibility index (Phi) is 4.63. The topological polar surface area (TPSA) is 47.0 Å². The fraction of sp³-hybridized carbons (Fsp3) is 0.0556. The maximum atomic E-state index is 11.8. The second kappa shape index (κ2) is 6.55. The van der Waals surface area contributed by atoms with E-state index in [1.54, 1.807) is 30.3 Å². The molecule has 0 saturated carbocycles. The standard InChI is InChI=1S/C18H13Cl2NO2S/c1-24(22,23)14-6-4-5-12(9-14)18-16(10-13(19)11-21-18)15-7-2-3-8-17(15)20/h2-11H,1H3. The van der Waals surface area contributed by atoms with Crippen LogP contribution in [0.4, 0.5) is 0 Å². The summed E-state index contributed by atoms with van der Waals surface area (Å²) in [6.45, 7) is 0. The molecule has 0 N–H and O–H groups in total. The summed E-state index contributed by atoms with van der Waals surface area (Å²) in [6, 6.07) is 15.8. The van der Waals surface area contributed by atoms with Gasteiger partial charge in [-0.15, -0.1) is 0 Å². The molecule has 1 aromatic heterocycles. The molecule has 122 valence electrons. The highest BCUT2D eigenvalue weighted by Gasteiger charge is 2.15. The molecule has 2 aromatic carbocycles. The van der Waals surface area contributed by atoms with E-state index in [1.807, 2.05) is 24.3 Å². The van der Waals surface area contributed by atoms with Crippen LogP contribution in [0.5, 0.6) is 0 Å². The Morgan fingerprint density at radius 1 is 0.917 bits per heavy atom. The van der Waals surface area contributed by atoms with E-state index in [0.717, 1.165) is 11.1 Å². The molecule has 0 aliphatic heterocycles. The highest BCUT2D eigenvalue weighted by Crippen LogP contribution is 2.36. The van der Waals surface area contributed by atoms with Gasteiger partial charge in [0.15, 0.2) is 9.84 Å². The van der Waals surface area contributed by atoms with Crippen molar-refractivity contribution in [2.24, 2.45) is 0 Å². The molecule has 0 aliphatic carbocycles. The van der Waals surface area contributed by atoms with Gasteiger partial charge in [-0.3, -0.25) is 4.98 Å². The van der Waals surface area contributed by atoms with Crippen LogP contribution in [-0.2, 0) is 9.84 Å². The Labute approximate surface area is 150 Å². The van der Waals surface area contributed by atoms with Crippen LogP contribution in [-0.4, -0.2) is 19.7 Å². The van der Waals surface area contributed by atoms with Gasteiger partial charge in [0, 0.05) is 34.2 Å². The van der Waals surface area contributed by atoms with Gasteiger partial charge in [-0.2, -0.15) is 0 Å². The lowest BCUT2D eigenvalue weighted by Gasteiger charge is -2.12. The molecule has 0 fully saturated rings. The van der Waals surface area contributed by atoms with Gasteiger partial charge in [0.1, 0.15) is 0 Å². The molecule has 0 unspecified atom stereocenters. The summed E-state index contributed by atoms with van der Waals surface area (Å²) in [4.78, 5) is 4.64. The molecule has 24 heavy (non-hydrogen) atoms. The smallest absolute Gasteiger partial charge is 0.175 e. The number of pyridine rings is 1. The van der Waals surface area contributed by atoms with E-state index in [0.29, 0.717) is 21.3 Å². The van der Waals surface area contributed by atoms with Crippen molar-refractivity contribution in [3.63, 3.8) is 0 Å². The number of aromatic nitrogens is 1. The number of halogens is 2. The predicted octanol–water partition coefficient (Wildman–Crippen LogP) is 5.13. The van der Waals surface area contributed by atoms with Gasteiger partial charge in [-0.1, -0.05) is 53.5 Å². The first-order valence-corrected chi connectivity index (χ1v) is 9.72. The van der Waals surface area contributed by atoms with Crippen molar-refractivity contribution in [1.82, 2.24) is 4.98 Å². The van der Waals surface area contributed by atoms with E-state index in [-0.39, 0.29) is 4.90 Å². The minimum absolute atomic E-state index is 0.238. The average molecular weight is 378 g/mol. The SMILES string of the molecule is CS(=O)(=O)c1cccc(-c2ncc(Cl)cc2-c2ccccc2Cl)c1. The molecule has 0 amide bonds. The van der Waals surface area contributed by atoms with E-state index in [2.05, 4.69) is 4.98 Å². The van der Waals surface area contributed by atoms with Gasteiger partial charge in [0.05, 0.1) is 15.6 Å². The molecular weight excluding hydrogens is 365 g/mol. The Morgan fingerprint density at radius 3 is 2.38 bits per heavy atom. The zero-order chi connectivity index (χ0) is 17.3. The number of benzene rings is 2. The van der Waals surface area contributed by atoms with Gasteiger partial charge in [-0.05, 0) is 24.3 Å². The van der Waals surface area contributed by atoms with Gasteiger partial charge in [-0.25, -0.2) is 8.42 Å². The fourth-order valence-electron chi connectivity index (χ4n) is 2.43. The van der Waals surface area contributed by atoms with Crippen molar-refractivity contribution in [2.45, 2.75) is 4.90 Å². The molecule has 0 saturated heterocycles. The first-order chi connectivity index (χ1) is 11.4. The van der Waals surface area contributed by atoms with Crippen LogP contribution in [0.2, 0.25) is 10.0 Å². The summed E-state index contributed by atoms with van der Waals surface area (Å²) in [7, 11) is -3.31. The van der Waals surface area contributed by atoms with Crippen molar-refractivity contribution >= 4 is 33.0 Å². The van der Waals surface area contributed by atoms with Crippen LogP contribution in [0.25, 0.3) is 22.4 Å². The van der Waals surface area contributed by atoms with Crippen molar-refractivity contribution in [3.05, 3.63) is 70.8 Å². The van der Waals surface area contributed by atoms with Crippen molar-refractivity contribution in [2.75, 3.05) is 6.26 Å². The Bertz CT molecular complexity index is 1020. The third kappa shape index (κ3) is 3.46. The van der Waals surface area contributed by atoms with Gasteiger partial charge in [0.25, 0.3) is 0 Å². The number of nitrogens with zero attached hydrogens (tertiary/aromatic N) is 1. The molecule has 3 nitrogen and oxygen atoms in total. The first kappa shape index (κ1) is 17.0. The summed E-state index contributed by atoms with van der Waals surface area (Å²) in [5.74, 6) is 0. The second-order valence-corrected chi connectivity index (χ2v) is 8.19. The lowest BCUT2D eigenvalue weighted by Crippen LogP contribution is -1.98. The van der Waals surface area contributed by atoms with E-state index >= 15 is 0 Å². The maximum absolute atomic E-state index is 11.8. The van der Waals surface area contributed by atoms with Crippen molar-refractivity contribution < 1.29 is 8.42 Å². The number of sulfone groups is 1. The molecule has 0 spiro atoms. The predicted molar refractivity (Wildman–Crippen MR) is 98.2 cm³/mol. The molecule has 1 heterocycles. The van der Waals surface area contributed by atoms with E-state index < -0.39 is 9.84 Å². The Hall–Kier alpha value is -1.88. The highest BCUT2D eigenvalue weighted by atomic mass is 35.5. The fourth-order valence-corrected chi connectivity index (χ4v) is 3.49. The summed E-state index contributed by atoms with van der Waals surface area (Å²) in [5.41, 5.74) is 2.84. The Morgan fingerprint density at radius 2 is 1.67 bits per heavy atom. The average Bonchev–Trinajstić information content (AvgIpc) is 2.54. The molecule has 0 bridgehead atoms. The minimum Gasteiger partial charge on any atom is -0.254 e. The molecule has 3 rings (SSSR count). The lowest BCUT2D eigenvalue weighted by atomic mass is 9.99. The highest BCUT2D eigenvalue weighted by molar-refractivity contribution is 7.90. The molecule has 3 aromatic rings. The zero-order valence-electron chi connectivity index (χ0n) is 12.7. The van der Waals surface area contributed by atoms with E-state index in [1.165, 1.54) is 12.5 Å². The van der Waals surface area contributed by atoms with Crippen LogP contribution in [0.3, 0.4) is 0 Å². The van der Waals surface area contributed by atoms with Crippen LogP contribution in [0.1, 0.15) is 0 Å². The van der Waals surface area contributed by atoms with Crippen LogP contribution in [0.15, 0.2) is 65.7 Å². The number of hydrogen-bond acceptors (Lipinski definition) is 3. The maximum Gasteiger partial charge on any atom is 0.175 e. The van der Waals surface area contributed by atoms with Gasteiger partial charge >= 0.3 is 0 Å². The summed E-state index contributed by atoms with van der Waals surface area (Å²) in [5, 5.41) is 1.05. The van der Waals surface area contributed by atoms with Gasteiger partial charge in [0.2, 0.25) is 0 Å². The van der Waals surface area contributed by atoms with Crippen molar-refractivity contribution in [1.29, 1.82) is 0 Å². The minimum atomic E-state index is -3.31. The molecular formula is C18H13Cl2NO2S. The summed E-state index contributed by atoms with van der Waals surface area (Å²) < 4.78 is 23.6. The number of hydrogen-bond donors (Lipinski definition) is 0. The van der Waals surface area contributed by atoms with Gasteiger partial charge < -0.3 is 0 Å². The molecule has 0 atom stereocenters. The van der Waals surface area contributed by atoms with E-state index in [4.69, 9.17) is 23.2 Å². The summed E-state index contributed by atoms with van der Waals surface area (Å²) >= 11 is 12.4. The van der Waals surface area contributed by atoms with E-state index in [9.17, 15) is 8.42 Å². The van der Waals surface area contributed by atoms with Crippen LogP contribution >= 0.6 is 23.2 Å². The quantitative estimate of drug-likeness (QED) is 0.635. The normalized spacial score (nSPS) is 11.5. The summed E-state index contributed by atoms with van der Waals surface area (Å²) in [6.07, 6.45) is 2.71. The second-order valence-electron chi connectivity index (χ2n) is 5.33. The monoisotopic (exact) mass is 377 g/mol. The third-order valence-electron chi connectivity index (χ3n) is 3.55. The Balaban J connectivity index is 2.25. The van der Waals surface area contributed by atoms with Crippen LogP contribution < -0.4 is 0 Å². The lowest BCUT2D eigenvalue weighted by molar-refractivity contribution is 0.602. The largest absolute Gasteiger partial charge is 0.254 e.